The van der Waals surface area contributed by atoms with Crippen LogP contribution in [0.4, 0.5) is 5.69 Å². The molecule has 0 bridgehead atoms. The highest BCUT2D eigenvalue weighted by Crippen LogP contribution is 2.23. The zero-order valence-corrected chi connectivity index (χ0v) is 12.0. The maximum atomic E-state index is 12.1. The van der Waals surface area contributed by atoms with E-state index in [1.165, 1.54) is 5.56 Å². The average molecular weight is 264 g/mol. The van der Waals surface area contributed by atoms with Crippen LogP contribution in [0.5, 0.6) is 0 Å². The van der Waals surface area contributed by atoms with Gasteiger partial charge in [-0.25, -0.2) is 0 Å². The summed E-state index contributed by atoms with van der Waals surface area (Å²) < 4.78 is 0.0740. The van der Waals surface area contributed by atoms with Crippen molar-refractivity contribution in [1.29, 1.82) is 0 Å². The van der Waals surface area contributed by atoms with Gasteiger partial charge in [0.15, 0.2) is 0 Å². The number of amides is 1. The number of hydrogen-bond acceptors (Lipinski definition) is 3. The van der Waals surface area contributed by atoms with Crippen molar-refractivity contribution in [3.05, 3.63) is 29.3 Å². The van der Waals surface area contributed by atoms with E-state index in [0.29, 0.717) is 6.54 Å². The third kappa shape index (κ3) is 2.99. The molecular weight excluding hydrogens is 244 g/mol. The second-order valence-corrected chi connectivity index (χ2v) is 6.71. The van der Waals surface area contributed by atoms with Gasteiger partial charge in [0.25, 0.3) is 5.91 Å². The highest BCUT2D eigenvalue weighted by atomic mass is 32.2. The van der Waals surface area contributed by atoms with Crippen LogP contribution in [-0.2, 0) is 6.42 Å². The largest absolute Gasteiger partial charge is 0.384 e. The first-order chi connectivity index (χ1) is 8.52. The summed E-state index contributed by atoms with van der Waals surface area (Å²) in [7, 11) is 0. The summed E-state index contributed by atoms with van der Waals surface area (Å²) in [4.78, 5) is 12.1. The normalized spacial score (nSPS) is 13.9. The molecule has 1 aliphatic rings. The number of rotatable bonds is 4. The summed E-state index contributed by atoms with van der Waals surface area (Å²) in [6.45, 7) is 5.90. The van der Waals surface area contributed by atoms with E-state index in [1.54, 1.807) is 11.8 Å². The average Bonchev–Trinajstić information content (AvgIpc) is 2.83. The first-order valence-electron chi connectivity index (χ1n) is 6.22. The Bertz CT molecular complexity index is 457. The SMILES string of the molecule is CSC(C)(C)CNC(=O)c1ccc2c(c1)NCC2. The lowest BCUT2D eigenvalue weighted by Gasteiger charge is -2.22. The molecule has 4 heteroatoms. The van der Waals surface area contributed by atoms with Gasteiger partial charge in [-0.15, -0.1) is 0 Å². The van der Waals surface area contributed by atoms with Crippen molar-refractivity contribution < 1.29 is 4.79 Å². The summed E-state index contributed by atoms with van der Waals surface area (Å²) >= 11 is 1.76. The molecule has 2 rings (SSSR count). The number of carbonyl (C=O) groups excluding carboxylic acids is 1. The molecule has 0 radical (unpaired) electrons. The Morgan fingerprint density at radius 1 is 1.50 bits per heavy atom. The minimum atomic E-state index is 0.00799. The summed E-state index contributed by atoms with van der Waals surface area (Å²) in [5.41, 5.74) is 3.14. The van der Waals surface area contributed by atoms with Crippen LogP contribution in [0, 0.1) is 0 Å². The quantitative estimate of drug-likeness (QED) is 0.878. The number of nitrogens with one attached hydrogen (secondary N) is 2. The molecule has 0 fully saturated rings. The topological polar surface area (TPSA) is 41.1 Å². The fourth-order valence-corrected chi connectivity index (χ4v) is 2.12. The van der Waals surface area contributed by atoms with Crippen LogP contribution < -0.4 is 10.6 Å². The molecule has 0 atom stereocenters. The summed E-state index contributed by atoms with van der Waals surface area (Å²) in [6, 6.07) is 5.90. The smallest absolute Gasteiger partial charge is 0.251 e. The van der Waals surface area contributed by atoms with Crippen LogP contribution in [0.25, 0.3) is 0 Å². The maximum Gasteiger partial charge on any atom is 0.251 e. The van der Waals surface area contributed by atoms with Gasteiger partial charge >= 0.3 is 0 Å². The van der Waals surface area contributed by atoms with Gasteiger partial charge in [0.2, 0.25) is 0 Å². The molecule has 0 unspecified atom stereocenters. The minimum absolute atomic E-state index is 0.00799. The first kappa shape index (κ1) is 13.3. The number of benzene rings is 1. The van der Waals surface area contributed by atoms with E-state index in [2.05, 4.69) is 30.7 Å². The van der Waals surface area contributed by atoms with E-state index in [1.807, 2.05) is 18.2 Å². The van der Waals surface area contributed by atoms with Gasteiger partial charge in [0.05, 0.1) is 0 Å². The molecule has 3 nitrogen and oxygen atoms in total. The number of hydrogen-bond donors (Lipinski definition) is 2. The molecule has 0 spiro atoms. The highest BCUT2D eigenvalue weighted by Gasteiger charge is 2.18. The number of fused-ring (bicyclic) bond motifs is 1. The zero-order valence-electron chi connectivity index (χ0n) is 11.2. The van der Waals surface area contributed by atoms with Crippen LogP contribution in [0.15, 0.2) is 18.2 Å². The molecule has 1 aromatic carbocycles. The van der Waals surface area contributed by atoms with E-state index in [4.69, 9.17) is 0 Å². The lowest BCUT2D eigenvalue weighted by Crippen LogP contribution is -2.36. The molecule has 1 heterocycles. The van der Waals surface area contributed by atoms with Gasteiger partial charge in [-0.2, -0.15) is 11.8 Å². The van der Waals surface area contributed by atoms with Gasteiger partial charge in [0.1, 0.15) is 0 Å². The Balaban J connectivity index is 2.01. The zero-order chi connectivity index (χ0) is 13.2. The van der Waals surface area contributed by atoms with E-state index < -0.39 is 0 Å². The molecule has 18 heavy (non-hydrogen) atoms. The van der Waals surface area contributed by atoms with E-state index in [9.17, 15) is 4.79 Å². The van der Waals surface area contributed by atoms with Crippen molar-refractivity contribution in [2.75, 3.05) is 24.7 Å². The van der Waals surface area contributed by atoms with Crippen molar-refractivity contribution in [2.45, 2.75) is 25.0 Å². The van der Waals surface area contributed by atoms with Crippen molar-refractivity contribution >= 4 is 23.4 Å². The summed E-state index contributed by atoms with van der Waals surface area (Å²) in [6.07, 6.45) is 3.11. The van der Waals surface area contributed by atoms with Crippen LogP contribution in [0.1, 0.15) is 29.8 Å². The Morgan fingerprint density at radius 3 is 3.00 bits per heavy atom. The standard InChI is InChI=1S/C14H20N2OS/c1-14(2,18-3)9-16-13(17)11-5-4-10-6-7-15-12(10)8-11/h4-5,8,15H,6-7,9H2,1-3H3,(H,16,17). The van der Waals surface area contributed by atoms with E-state index in [0.717, 1.165) is 24.2 Å². The predicted octanol–water partition coefficient (Wildman–Crippen LogP) is 2.53. The first-order valence-corrected chi connectivity index (χ1v) is 7.44. The summed E-state index contributed by atoms with van der Waals surface area (Å²) in [5, 5.41) is 6.29. The second kappa shape index (κ2) is 5.22. The monoisotopic (exact) mass is 264 g/mol. The molecule has 2 N–H and O–H groups in total. The van der Waals surface area contributed by atoms with Crippen LogP contribution in [-0.4, -0.2) is 30.0 Å². The van der Waals surface area contributed by atoms with Crippen LogP contribution in [0.2, 0.25) is 0 Å². The Hall–Kier alpha value is -1.16. The number of carbonyl (C=O) groups is 1. The molecular formula is C14H20N2OS. The Morgan fingerprint density at radius 2 is 2.28 bits per heavy atom. The molecule has 0 aromatic heterocycles. The van der Waals surface area contributed by atoms with Crippen molar-refractivity contribution in [2.24, 2.45) is 0 Å². The Labute approximate surface area is 113 Å². The van der Waals surface area contributed by atoms with Crippen LogP contribution >= 0.6 is 11.8 Å². The minimum Gasteiger partial charge on any atom is -0.384 e. The van der Waals surface area contributed by atoms with Crippen molar-refractivity contribution in [1.82, 2.24) is 5.32 Å². The van der Waals surface area contributed by atoms with Gasteiger partial charge in [-0.3, -0.25) is 4.79 Å². The van der Waals surface area contributed by atoms with Crippen LogP contribution in [0.3, 0.4) is 0 Å². The van der Waals surface area contributed by atoms with Gasteiger partial charge < -0.3 is 10.6 Å². The van der Waals surface area contributed by atoms with E-state index >= 15 is 0 Å². The van der Waals surface area contributed by atoms with Gasteiger partial charge in [-0.05, 0) is 44.2 Å². The summed E-state index contributed by atoms with van der Waals surface area (Å²) in [5.74, 6) is 0.00799. The third-order valence-electron chi connectivity index (χ3n) is 3.31. The lowest BCUT2D eigenvalue weighted by atomic mass is 10.1. The van der Waals surface area contributed by atoms with Crippen molar-refractivity contribution in [3.63, 3.8) is 0 Å². The molecule has 0 aliphatic carbocycles. The van der Waals surface area contributed by atoms with Crippen molar-refractivity contribution in [3.8, 4) is 0 Å². The third-order valence-corrected chi connectivity index (χ3v) is 4.56. The van der Waals surface area contributed by atoms with Gasteiger partial charge in [-0.1, -0.05) is 6.07 Å². The molecule has 0 saturated heterocycles. The lowest BCUT2D eigenvalue weighted by molar-refractivity contribution is 0.0951. The molecule has 0 saturated carbocycles. The number of anilines is 1. The fourth-order valence-electron chi connectivity index (χ4n) is 1.90. The molecule has 1 amide bonds. The maximum absolute atomic E-state index is 12.1. The van der Waals surface area contributed by atoms with E-state index in [-0.39, 0.29) is 10.7 Å². The molecule has 98 valence electrons. The fraction of sp³-hybridized carbons (Fsp3) is 0.500. The molecule has 1 aromatic rings. The van der Waals surface area contributed by atoms with Gasteiger partial charge in [0, 0.05) is 29.1 Å². The predicted molar refractivity (Wildman–Crippen MR) is 78.6 cm³/mol. The second-order valence-electron chi connectivity index (χ2n) is 5.20. The Kier molecular flexibility index (Phi) is 3.85. The highest BCUT2D eigenvalue weighted by molar-refractivity contribution is 7.99. The number of thioether (sulfide) groups is 1. The molecule has 1 aliphatic heterocycles.